The van der Waals surface area contributed by atoms with Gasteiger partial charge >= 0.3 is 5.97 Å². The molecule has 2 rings (SSSR count). The van der Waals surface area contributed by atoms with Gasteiger partial charge in [-0.3, -0.25) is 10.3 Å². The average molecular weight is 329 g/mol. The maximum Gasteiger partial charge on any atom is 0.338 e. The van der Waals surface area contributed by atoms with Crippen LogP contribution in [0.2, 0.25) is 0 Å². The number of benzene rings is 2. The third kappa shape index (κ3) is 4.19. The molecule has 0 aliphatic heterocycles. The van der Waals surface area contributed by atoms with Crippen LogP contribution in [-0.2, 0) is 4.84 Å². The number of phenolic OH excluding ortho intramolecular Hbond substituents is 1. The van der Waals surface area contributed by atoms with E-state index < -0.39 is 18.5 Å². The van der Waals surface area contributed by atoms with Crippen LogP contribution >= 0.6 is 0 Å². The number of allylic oxidation sites excluding steroid dienone is 1. The van der Waals surface area contributed by atoms with Crippen molar-refractivity contribution in [2.45, 2.75) is 0 Å². The zero-order valence-corrected chi connectivity index (χ0v) is 12.5. The zero-order valence-electron chi connectivity index (χ0n) is 12.5. The van der Waals surface area contributed by atoms with Crippen molar-refractivity contribution in [1.82, 2.24) is 0 Å². The molecule has 0 heterocycles. The first kappa shape index (κ1) is 17.2. The second-order valence-electron chi connectivity index (χ2n) is 4.70. The molecule has 7 nitrogen and oxygen atoms in total. The highest BCUT2D eigenvalue weighted by atomic mass is 16.7. The number of hydrogen-bond donors (Lipinski definition) is 4. The van der Waals surface area contributed by atoms with Gasteiger partial charge < -0.3 is 15.3 Å². The lowest BCUT2D eigenvalue weighted by Crippen LogP contribution is -2.12. The Kier molecular flexibility index (Phi) is 5.67. The Morgan fingerprint density at radius 3 is 2.42 bits per heavy atom. The van der Waals surface area contributed by atoms with E-state index in [9.17, 15) is 19.8 Å². The fourth-order valence-electron chi connectivity index (χ4n) is 2.03. The molecule has 0 unspecified atom stereocenters. The van der Waals surface area contributed by atoms with Crippen molar-refractivity contribution in [3.63, 3.8) is 0 Å². The fourth-order valence-corrected chi connectivity index (χ4v) is 2.03. The Balaban J connectivity index is 2.41. The number of carboxylic acids is 1. The van der Waals surface area contributed by atoms with E-state index in [1.165, 1.54) is 6.08 Å². The van der Waals surface area contributed by atoms with Gasteiger partial charge in [0.15, 0.2) is 12.6 Å². The number of anilines is 1. The van der Waals surface area contributed by atoms with Crippen LogP contribution in [0, 0.1) is 0 Å². The number of hydrogen-bond acceptors (Lipinski definition) is 6. The number of ketones is 1. The molecule has 24 heavy (non-hydrogen) atoms. The van der Waals surface area contributed by atoms with Gasteiger partial charge in [-0.05, 0) is 23.8 Å². The number of aromatic carboxylic acids is 1. The number of carboxylic acid groups (broad SMARTS) is 1. The summed E-state index contributed by atoms with van der Waals surface area (Å²) >= 11 is 0. The first-order valence-electron chi connectivity index (χ1n) is 6.89. The highest BCUT2D eigenvalue weighted by Crippen LogP contribution is 2.28. The van der Waals surface area contributed by atoms with E-state index in [0.29, 0.717) is 0 Å². The Morgan fingerprint density at radius 2 is 1.79 bits per heavy atom. The number of aromatic hydroxyl groups is 1. The van der Waals surface area contributed by atoms with Crippen molar-refractivity contribution in [3.05, 3.63) is 65.2 Å². The van der Waals surface area contributed by atoms with Crippen molar-refractivity contribution in [2.24, 2.45) is 0 Å². The molecule has 124 valence electrons. The highest BCUT2D eigenvalue weighted by molar-refractivity contribution is 6.13. The Hall–Kier alpha value is -3.16. The molecule has 0 amide bonds. The minimum Gasteiger partial charge on any atom is -0.508 e. The summed E-state index contributed by atoms with van der Waals surface area (Å²) in [5, 5.41) is 27.6. The van der Waals surface area contributed by atoms with Crippen LogP contribution in [-0.4, -0.2) is 33.9 Å². The summed E-state index contributed by atoms with van der Waals surface area (Å²) in [7, 11) is 0. The maximum absolute atomic E-state index is 12.4. The number of nitrogens with one attached hydrogen (secondary N) is 1. The summed E-state index contributed by atoms with van der Waals surface area (Å²) in [6.07, 6.45) is 2.81. The Labute approximate surface area is 137 Å². The van der Waals surface area contributed by atoms with Crippen LogP contribution < -0.4 is 5.48 Å². The normalized spacial score (nSPS) is 10.7. The van der Waals surface area contributed by atoms with E-state index in [1.54, 1.807) is 18.2 Å². The van der Waals surface area contributed by atoms with Crippen LogP contribution in [0.1, 0.15) is 26.3 Å². The molecule has 2 aromatic carbocycles. The molecule has 0 atom stereocenters. The second kappa shape index (κ2) is 7.91. The topological polar surface area (TPSA) is 116 Å². The smallest absolute Gasteiger partial charge is 0.338 e. The van der Waals surface area contributed by atoms with E-state index in [-0.39, 0.29) is 22.6 Å². The van der Waals surface area contributed by atoms with Crippen LogP contribution in [0.25, 0.3) is 6.08 Å². The van der Waals surface area contributed by atoms with Gasteiger partial charge in [0.05, 0.1) is 16.8 Å². The summed E-state index contributed by atoms with van der Waals surface area (Å²) in [6, 6.07) is 11.1. The molecule has 0 spiro atoms. The van der Waals surface area contributed by atoms with Crippen molar-refractivity contribution < 1.29 is 29.7 Å². The summed E-state index contributed by atoms with van der Waals surface area (Å²) in [5.41, 5.74) is 2.39. The summed E-state index contributed by atoms with van der Waals surface area (Å²) < 4.78 is 0. The third-order valence-corrected chi connectivity index (χ3v) is 3.08. The van der Waals surface area contributed by atoms with Crippen molar-refractivity contribution in [1.29, 1.82) is 0 Å². The molecule has 0 radical (unpaired) electrons. The molecule has 4 N–H and O–H groups in total. The van der Waals surface area contributed by atoms with Gasteiger partial charge in [-0.15, -0.1) is 0 Å². The standard InChI is InChI=1S/C17H15NO6/c19-10-24-18-16-13(8-12(20)9-14(16)17(22)23)15(21)7-6-11-4-2-1-3-5-11/h1-9,18-20H,10H2,(H,22,23)/b7-6+. The fraction of sp³-hybridized carbons (Fsp3) is 0.0588. The van der Waals surface area contributed by atoms with E-state index in [1.807, 2.05) is 18.2 Å². The first-order chi connectivity index (χ1) is 11.5. The molecule has 0 aromatic heterocycles. The maximum atomic E-state index is 12.4. The van der Waals surface area contributed by atoms with E-state index in [2.05, 4.69) is 10.3 Å². The number of aliphatic hydroxyl groups is 1. The molecule has 7 heteroatoms. The molecule has 0 aliphatic carbocycles. The van der Waals surface area contributed by atoms with E-state index in [0.717, 1.165) is 17.7 Å². The lowest BCUT2D eigenvalue weighted by molar-refractivity contribution is 0.0303. The number of aliphatic hydroxyl groups excluding tert-OH is 1. The number of rotatable bonds is 7. The number of carbonyl (C=O) groups is 2. The number of carbonyl (C=O) groups excluding carboxylic acids is 1. The molecule has 0 fully saturated rings. The molecule has 2 aromatic rings. The first-order valence-corrected chi connectivity index (χ1v) is 6.89. The van der Waals surface area contributed by atoms with Crippen LogP contribution in [0.15, 0.2) is 48.5 Å². The second-order valence-corrected chi connectivity index (χ2v) is 4.70. The number of phenols is 1. The van der Waals surface area contributed by atoms with Gasteiger partial charge in [0.25, 0.3) is 0 Å². The van der Waals surface area contributed by atoms with Gasteiger partial charge in [-0.2, -0.15) is 0 Å². The van der Waals surface area contributed by atoms with Crippen molar-refractivity contribution >= 4 is 23.5 Å². The molecule has 0 aliphatic rings. The monoisotopic (exact) mass is 329 g/mol. The minimum atomic E-state index is -1.36. The Morgan fingerprint density at radius 1 is 1.12 bits per heavy atom. The Bertz CT molecular complexity index is 770. The summed E-state index contributed by atoms with van der Waals surface area (Å²) in [4.78, 5) is 28.3. The van der Waals surface area contributed by atoms with Gasteiger partial charge in [0, 0.05) is 0 Å². The predicted molar refractivity (Wildman–Crippen MR) is 86.7 cm³/mol. The summed E-state index contributed by atoms with van der Waals surface area (Å²) in [5.74, 6) is -2.28. The van der Waals surface area contributed by atoms with Crippen LogP contribution in [0.4, 0.5) is 5.69 Å². The van der Waals surface area contributed by atoms with Gasteiger partial charge in [0.2, 0.25) is 0 Å². The predicted octanol–water partition coefficient (Wildman–Crippen LogP) is 2.28. The molecule has 0 saturated carbocycles. The average Bonchev–Trinajstić information content (AvgIpc) is 2.58. The van der Waals surface area contributed by atoms with Gasteiger partial charge in [-0.1, -0.05) is 36.4 Å². The zero-order chi connectivity index (χ0) is 17.5. The largest absolute Gasteiger partial charge is 0.508 e. The van der Waals surface area contributed by atoms with E-state index >= 15 is 0 Å². The van der Waals surface area contributed by atoms with E-state index in [4.69, 9.17) is 5.11 Å². The SMILES string of the molecule is O=C(O)c1cc(O)cc(C(=O)/C=C/c2ccccc2)c1NOCO. The van der Waals surface area contributed by atoms with Gasteiger partial charge in [-0.25, -0.2) is 9.63 Å². The molecular formula is C17H15NO6. The molecule has 0 saturated heterocycles. The minimum absolute atomic E-state index is 0.104. The lowest BCUT2D eigenvalue weighted by atomic mass is 10.0. The molecular weight excluding hydrogens is 314 g/mol. The van der Waals surface area contributed by atoms with Crippen molar-refractivity contribution in [2.75, 3.05) is 12.3 Å². The third-order valence-electron chi connectivity index (χ3n) is 3.08. The van der Waals surface area contributed by atoms with Crippen LogP contribution in [0.5, 0.6) is 5.75 Å². The molecule has 0 bridgehead atoms. The highest BCUT2D eigenvalue weighted by Gasteiger charge is 2.20. The van der Waals surface area contributed by atoms with Crippen molar-refractivity contribution in [3.8, 4) is 5.75 Å². The summed E-state index contributed by atoms with van der Waals surface area (Å²) in [6.45, 7) is -0.729. The van der Waals surface area contributed by atoms with Gasteiger partial charge in [0.1, 0.15) is 5.75 Å². The lowest BCUT2D eigenvalue weighted by Gasteiger charge is -2.13. The quantitative estimate of drug-likeness (QED) is 0.202. The van der Waals surface area contributed by atoms with Crippen LogP contribution in [0.3, 0.4) is 0 Å².